The van der Waals surface area contributed by atoms with Crippen molar-refractivity contribution < 1.29 is 0 Å². The van der Waals surface area contributed by atoms with E-state index in [2.05, 4.69) is 0 Å². The zero-order valence-electron chi connectivity index (χ0n) is 7.74. The molecule has 3 aromatic rings. The highest BCUT2D eigenvalue weighted by Gasteiger charge is 2.08. The third-order valence-corrected chi connectivity index (χ3v) is 3.20. The van der Waals surface area contributed by atoms with Crippen molar-refractivity contribution in [1.29, 1.82) is 0 Å². The molecule has 0 aliphatic heterocycles. The molecule has 0 amide bonds. The molecular weight excluding hydrogens is 229 g/mol. The largest absolute Gasteiger partial charge is 0.323 e. The molecule has 0 N–H and O–H groups in total. The van der Waals surface area contributed by atoms with Crippen molar-refractivity contribution in [3.05, 3.63) is 52.8 Å². The molecule has 15 heavy (non-hydrogen) atoms. The molecule has 0 unspecified atom stereocenters. The van der Waals surface area contributed by atoms with E-state index in [1.807, 2.05) is 47.1 Å². The first-order valence-corrected chi connectivity index (χ1v) is 5.36. The Kier molecular flexibility index (Phi) is 1.91. The molecule has 74 valence electrons. The highest BCUT2D eigenvalue weighted by atomic mass is 35.5. The predicted octanol–water partition coefficient (Wildman–Crippen LogP) is 4.40. The van der Waals surface area contributed by atoms with Crippen molar-refractivity contribution in [2.24, 2.45) is 0 Å². The van der Waals surface area contributed by atoms with Gasteiger partial charge in [0.2, 0.25) is 0 Å². The van der Waals surface area contributed by atoms with Crippen LogP contribution in [-0.2, 0) is 0 Å². The summed E-state index contributed by atoms with van der Waals surface area (Å²) in [6.45, 7) is 0. The van der Waals surface area contributed by atoms with Gasteiger partial charge in [0.05, 0.1) is 15.6 Å². The lowest BCUT2D eigenvalue weighted by atomic mass is 10.2. The van der Waals surface area contributed by atoms with Gasteiger partial charge in [-0.2, -0.15) is 0 Å². The highest BCUT2D eigenvalue weighted by molar-refractivity contribution is 6.41. The molecule has 3 heteroatoms. The van der Waals surface area contributed by atoms with Gasteiger partial charge in [0.15, 0.2) is 0 Å². The Hall–Kier alpha value is -1.18. The van der Waals surface area contributed by atoms with Gasteiger partial charge in [0.25, 0.3) is 0 Å². The molecule has 0 spiro atoms. The number of hydrogen-bond donors (Lipinski definition) is 0. The van der Waals surface area contributed by atoms with Crippen LogP contribution >= 0.6 is 23.2 Å². The van der Waals surface area contributed by atoms with E-state index in [9.17, 15) is 0 Å². The smallest absolute Gasteiger partial charge is 0.0544 e. The first-order valence-electron chi connectivity index (χ1n) is 4.61. The number of rotatable bonds is 0. The van der Waals surface area contributed by atoms with Crippen LogP contribution in [0.4, 0.5) is 0 Å². The monoisotopic (exact) mass is 235 g/mol. The molecule has 2 heterocycles. The summed E-state index contributed by atoms with van der Waals surface area (Å²) in [6.07, 6.45) is 3.99. The van der Waals surface area contributed by atoms with Gasteiger partial charge in [0.1, 0.15) is 0 Å². The van der Waals surface area contributed by atoms with E-state index in [4.69, 9.17) is 23.2 Å². The average molecular weight is 236 g/mol. The zero-order valence-corrected chi connectivity index (χ0v) is 9.26. The van der Waals surface area contributed by atoms with E-state index in [1.54, 1.807) is 0 Å². The second-order valence-corrected chi connectivity index (χ2v) is 4.25. The minimum absolute atomic E-state index is 0.734. The molecule has 0 radical (unpaired) electrons. The van der Waals surface area contributed by atoms with Crippen molar-refractivity contribution in [3.63, 3.8) is 0 Å². The van der Waals surface area contributed by atoms with Crippen LogP contribution in [0, 0.1) is 0 Å². The molecule has 0 bridgehead atoms. The van der Waals surface area contributed by atoms with Crippen LogP contribution in [0.3, 0.4) is 0 Å². The van der Waals surface area contributed by atoms with Crippen LogP contribution in [0.25, 0.3) is 16.3 Å². The maximum Gasteiger partial charge on any atom is 0.0544 e. The quantitative estimate of drug-likeness (QED) is 0.544. The fourth-order valence-corrected chi connectivity index (χ4v) is 2.34. The summed E-state index contributed by atoms with van der Waals surface area (Å²) in [5, 5.41) is 3.49. The van der Waals surface area contributed by atoms with Crippen LogP contribution in [0.1, 0.15) is 0 Å². The Morgan fingerprint density at radius 1 is 0.933 bits per heavy atom. The van der Waals surface area contributed by atoms with Gasteiger partial charge in [-0.25, -0.2) is 0 Å². The molecule has 2 aromatic heterocycles. The van der Waals surface area contributed by atoms with E-state index >= 15 is 0 Å². The molecule has 1 aromatic carbocycles. The summed E-state index contributed by atoms with van der Waals surface area (Å²) in [6, 6.07) is 9.66. The molecule has 0 saturated carbocycles. The Morgan fingerprint density at radius 2 is 1.73 bits per heavy atom. The normalized spacial score (nSPS) is 11.3. The Bertz CT molecular complexity index is 655. The first-order chi connectivity index (χ1) is 7.27. The number of hydrogen-bond acceptors (Lipinski definition) is 0. The third-order valence-electron chi connectivity index (χ3n) is 2.56. The molecule has 0 aliphatic rings. The van der Waals surface area contributed by atoms with Gasteiger partial charge >= 0.3 is 0 Å². The number of fused-ring (bicyclic) bond motifs is 3. The maximum atomic E-state index is 6.18. The molecule has 0 saturated heterocycles. The first kappa shape index (κ1) is 9.08. The van der Waals surface area contributed by atoms with Crippen molar-refractivity contribution in [1.82, 2.24) is 4.40 Å². The van der Waals surface area contributed by atoms with E-state index in [-0.39, 0.29) is 0 Å². The lowest BCUT2D eigenvalue weighted by molar-refractivity contribution is 1.21. The van der Waals surface area contributed by atoms with Crippen LogP contribution in [0.15, 0.2) is 42.7 Å². The average Bonchev–Trinajstić information content (AvgIpc) is 2.64. The van der Waals surface area contributed by atoms with E-state index < -0.39 is 0 Å². The maximum absolute atomic E-state index is 6.18. The summed E-state index contributed by atoms with van der Waals surface area (Å²) in [5.41, 5.74) is 1.08. The minimum atomic E-state index is 0.734. The molecule has 3 rings (SSSR count). The Labute approximate surface area is 96.8 Å². The van der Waals surface area contributed by atoms with Crippen molar-refractivity contribution in [2.45, 2.75) is 0 Å². The third kappa shape index (κ3) is 1.24. The fourth-order valence-electron chi connectivity index (χ4n) is 1.87. The number of nitrogens with zero attached hydrogens (tertiary/aromatic N) is 1. The summed E-state index contributed by atoms with van der Waals surface area (Å²) in [5.74, 6) is 0. The Balaban J connectivity index is 2.66. The van der Waals surface area contributed by atoms with Gasteiger partial charge in [0, 0.05) is 23.2 Å². The van der Waals surface area contributed by atoms with Crippen LogP contribution in [0.5, 0.6) is 0 Å². The van der Waals surface area contributed by atoms with Crippen LogP contribution < -0.4 is 0 Å². The van der Waals surface area contributed by atoms with Crippen LogP contribution in [0.2, 0.25) is 10.0 Å². The summed E-state index contributed by atoms with van der Waals surface area (Å²) >= 11 is 12.3. The van der Waals surface area contributed by atoms with Gasteiger partial charge < -0.3 is 4.40 Å². The second kappa shape index (κ2) is 3.16. The van der Waals surface area contributed by atoms with Gasteiger partial charge in [-0.15, -0.1) is 0 Å². The van der Waals surface area contributed by atoms with Gasteiger partial charge in [-0.3, -0.25) is 0 Å². The standard InChI is InChI=1S/C12H7Cl2N/c13-9-4-5-10(14)12-8(9)7-15-6-2-1-3-11(12)15/h1-7H. The summed E-state index contributed by atoms with van der Waals surface area (Å²) in [4.78, 5) is 0. The predicted molar refractivity (Wildman–Crippen MR) is 64.9 cm³/mol. The molecular formula is C12H7Cl2N. The number of benzene rings is 1. The minimum Gasteiger partial charge on any atom is -0.323 e. The molecule has 0 aliphatic carbocycles. The number of halogens is 2. The lowest BCUT2D eigenvalue weighted by Gasteiger charge is -1.97. The summed E-state index contributed by atoms with van der Waals surface area (Å²) in [7, 11) is 0. The van der Waals surface area contributed by atoms with Crippen molar-refractivity contribution in [2.75, 3.05) is 0 Å². The zero-order chi connectivity index (χ0) is 10.4. The lowest BCUT2D eigenvalue weighted by Crippen LogP contribution is -1.77. The SMILES string of the molecule is Clc1ccc(Cl)c2c1cn1ccccc21. The van der Waals surface area contributed by atoms with E-state index in [0.717, 1.165) is 26.3 Å². The van der Waals surface area contributed by atoms with Crippen molar-refractivity contribution >= 4 is 39.5 Å². The Morgan fingerprint density at radius 3 is 2.60 bits per heavy atom. The highest BCUT2D eigenvalue weighted by Crippen LogP contribution is 2.33. The summed E-state index contributed by atoms with van der Waals surface area (Å²) < 4.78 is 2.03. The number of aromatic nitrogens is 1. The van der Waals surface area contributed by atoms with E-state index in [0.29, 0.717) is 0 Å². The molecule has 1 nitrogen and oxygen atoms in total. The van der Waals surface area contributed by atoms with Crippen molar-refractivity contribution in [3.8, 4) is 0 Å². The van der Waals surface area contributed by atoms with E-state index in [1.165, 1.54) is 0 Å². The molecule has 0 fully saturated rings. The molecule has 0 atom stereocenters. The second-order valence-electron chi connectivity index (χ2n) is 3.44. The topological polar surface area (TPSA) is 4.41 Å². The number of pyridine rings is 1. The van der Waals surface area contributed by atoms with Gasteiger partial charge in [-0.1, -0.05) is 29.3 Å². The fraction of sp³-hybridized carbons (Fsp3) is 0. The van der Waals surface area contributed by atoms with Crippen LogP contribution in [-0.4, -0.2) is 4.40 Å². The van der Waals surface area contributed by atoms with Gasteiger partial charge in [-0.05, 0) is 24.3 Å².